The number of non-ortho nitro benzene ring substituents is 1. The minimum atomic E-state index is -3.88. The average Bonchev–Trinajstić information content (AvgIpc) is 2.72. The first kappa shape index (κ1) is 23.2. The number of benzene rings is 2. The van der Waals surface area contributed by atoms with Crippen molar-refractivity contribution in [1.29, 1.82) is 0 Å². The van der Waals surface area contributed by atoms with E-state index in [1.807, 2.05) is 6.92 Å². The molecule has 162 valence electrons. The van der Waals surface area contributed by atoms with Gasteiger partial charge in [0, 0.05) is 31.8 Å². The molecule has 9 nitrogen and oxygen atoms in total. The van der Waals surface area contributed by atoms with E-state index < -0.39 is 14.9 Å². The summed E-state index contributed by atoms with van der Waals surface area (Å²) in [5.74, 6) is 0.239. The lowest BCUT2D eigenvalue weighted by atomic mass is 10.1. The van der Waals surface area contributed by atoms with Crippen LogP contribution >= 0.6 is 0 Å². The largest absolute Gasteiger partial charge is 0.357 e. The summed E-state index contributed by atoms with van der Waals surface area (Å²) < 4.78 is 39.9. The molecule has 30 heavy (non-hydrogen) atoms. The standard InChI is InChI=1S/C19H24FN5O4S/c1-2-21-19(22-11-10-15-6-8-16(20)9-7-15)23-12-13-24-30(28,29)18-5-3-4-17(14-18)25(26)27/h3-9,14,24H,2,10-13H2,1H3,(H2,21,22,23). The van der Waals surface area contributed by atoms with Crippen LogP contribution in [0.3, 0.4) is 0 Å². The van der Waals surface area contributed by atoms with Crippen molar-refractivity contribution in [2.24, 2.45) is 4.99 Å². The van der Waals surface area contributed by atoms with E-state index in [0.29, 0.717) is 25.5 Å². The second-order valence-electron chi connectivity index (χ2n) is 6.22. The maximum atomic E-state index is 12.9. The normalized spacial score (nSPS) is 11.9. The number of hydrogen-bond donors (Lipinski definition) is 3. The predicted octanol–water partition coefficient (Wildman–Crippen LogP) is 1.81. The highest BCUT2D eigenvalue weighted by atomic mass is 32.2. The number of hydrogen-bond acceptors (Lipinski definition) is 5. The Morgan fingerprint density at radius 2 is 1.87 bits per heavy atom. The molecule has 0 aliphatic heterocycles. The van der Waals surface area contributed by atoms with Gasteiger partial charge >= 0.3 is 0 Å². The van der Waals surface area contributed by atoms with Gasteiger partial charge in [-0.2, -0.15) is 0 Å². The van der Waals surface area contributed by atoms with Crippen LogP contribution in [0.4, 0.5) is 10.1 Å². The van der Waals surface area contributed by atoms with E-state index in [1.165, 1.54) is 30.3 Å². The Morgan fingerprint density at radius 1 is 1.13 bits per heavy atom. The molecular formula is C19H24FN5O4S. The maximum Gasteiger partial charge on any atom is 0.270 e. The Kier molecular flexibility index (Phi) is 8.69. The number of guanidine groups is 1. The van der Waals surface area contributed by atoms with Gasteiger partial charge in [-0.15, -0.1) is 0 Å². The second kappa shape index (κ2) is 11.2. The molecule has 0 radical (unpaired) electrons. The highest BCUT2D eigenvalue weighted by molar-refractivity contribution is 7.89. The fraction of sp³-hybridized carbons (Fsp3) is 0.316. The molecule has 2 aromatic rings. The molecule has 11 heteroatoms. The number of nitrogens with one attached hydrogen (secondary N) is 3. The van der Waals surface area contributed by atoms with Crippen LogP contribution in [-0.4, -0.2) is 45.5 Å². The molecular weight excluding hydrogens is 413 g/mol. The van der Waals surface area contributed by atoms with Crippen molar-refractivity contribution in [3.63, 3.8) is 0 Å². The van der Waals surface area contributed by atoms with Gasteiger partial charge in [0.15, 0.2) is 5.96 Å². The first-order valence-electron chi connectivity index (χ1n) is 9.32. The summed E-state index contributed by atoms with van der Waals surface area (Å²) in [4.78, 5) is 14.3. The summed E-state index contributed by atoms with van der Waals surface area (Å²) in [5.41, 5.74) is 0.681. The fourth-order valence-electron chi connectivity index (χ4n) is 2.51. The molecule has 0 saturated heterocycles. The summed E-state index contributed by atoms with van der Waals surface area (Å²) in [6, 6.07) is 11.1. The number of nitrogens with zero attached hydrogens (tertiary/aromatic N) is 2. The lowest BCUT2D eigenvalue weighted by Gasteiger charge is -2.11. The SMILES string of the molecule is CCNC(=NCCNS(=O)(=O)c1cccc([N+](=O)[O-])c1)NCCc1ccc(F)cc1. The summed E-state index contributed by atoms with van der Waals surface area (Å²) in [5, 5.41) is 17.0. The van der Waals surface area contributed by atoms with Crippen molar-refractivity contribution in [3.05, 3.63) is 70.0 Å². The monoisotopic (exact) mass is 437 g/mol. The van der Waals surface area contributed by atoms with Gasteiger partial charge in [0.05, 0.1) is 16.4 Å². The third kappa shape index (κ3) is 7.41. The molecule has 3 N–H and O–H groups in total. The lowest BCUT2D eigenvalue weighted by Crippen LogP contribution is -2.39. The molecule has 0 amide bonds. The van der Waals surface area contributed by atoms with E-state index in [9.17, 15) is 22.9 Å². The van der Waals surface area contributed by atoms with Crippen LogP contribution in [0.2, 0.25) is 0 Å². The van der Waals surface area contributed by atoms with Crippen molar-refractivity contribution in [2.75, 3.05) is 26.2 Å². The second-order valence-corrected chi connectivity index (χ2v) is 7.98. The third-order valence-electron chi connectivity index (χ3n) is 3.98. The topological polar surface area (TPSA) is 126 Å². The van der Waals surface area contributed by atoms with E-state index in [4.69, 9.17) is 0 Å². The van der Waals surface area contributed by atoms with Crippen LogP contribution in [0.15, 0.2) is 58.4 Å². The number of halogens is 1. The van der Waals surface area contributed by atoms with Crippen molar-refractivity contribution in [2.45, 2.75) is 18.2 Å². The molecule has 0 aliphatic rings. The Bertz CT molecular complexity index is 981. The number of nitro groups is 1. The zero-order chi connectivity index (χ0) is 22.0. The summed E-state index contributed by atoms with van der Waals surface area (Å²) in [6.07, 6.45) is 0.671. The molecule has 0 saturated carbocycles. The number of nitro benzene ring substituents is 1. The molecule has 2 rings (SSSR count). The fourth-order valence-corrected chi connectivity index (χ4v) is 3.57. The van der Waals surface area contributed by atoms with Gasteiger partial charge in [0.1, 0.15) is 5.82 Å². The Hall–Kier alpha value is -3.05. The van der Waals surface area contributed by atoms with E-state index >= 15 is 0 Å². The number of sulfonamides is 1. The zero-order valence-electron chi connectivity index (χ0n) is 16.5. The molecule has 0 aliphatic carbocycles. The number of aliphatic imine (C=N–C) groups is 1. The van der Waals surface area contributed by atoms with Gasteiger partial charge in [-0.05, 0) is 37.1 Å². The van der Waals surface area contributed by atoms with Gasteiger partial charge < -0.3 is 10.6 Å². The third-order valence-corrected chi connectivity index (χ3v) is 5.43. The first-order valence-corrected chi connectivity index (χ1v) is 10.8. The Morgan fingerprint density at radius 3 is 2.53 bits per heavy atom. The first-order chi connectivity index (χ1) is 14.3. The summed E-state index contributed by atoms with van der Waals surface area (Å²) in [6.45, 7) is 3.29. The molecule has 0 spiro atoms. The molecule has 2 aromatic carbocycles. The lowest BCUT2D eigenvalue weighted by molar-refractivity contribution is -0.385. The maximum absolute atomic E-state index is 12.9. The van der Waals surface area contributed by atoms with Crippen molar-refractivity contribution < 1.29 is 17.7 Å². The van der Waals surface area contributed by atoms with E-state index in [1.54, 1.807) is 12.1 Å². The minimum Gasteiger partial charge on any atom is -0.357 e. The highest BCUT2D eigenvalue weighted by Crippen LogP contribution is 2.16. The van der Waals surface area contributed by atoms with Gasteiger partial charge in [-0.3, -0.25) is 15.1 Å². The predicted molar refractivity (Wildman–Crippen MR) is 112 cm³/mol. The van der Waals surface area contributed by atoms with Gasteiger partial charge in [-0.25, -0.2) is 17.5 Å². The molecule has 0 fully saturated rings. The quantitative estimate of drug-likeness (QED) is 0.171. The van der Waals surface area contributed by atoms with Gasteiger partial charge in [0.25, 0.3) is 5.69 Å². The number of rotatable bonds is 10. The highest BCUT2D eigenvalue weighted by Gasteiger charge is 2.16. The van der Waals surface area contributed by atoms with Crippen LogP contribution in [-0.2, 0) is 16.4 Å². The smallest absolute Gasteiger partial charge is 0.270 e. The summed E-state index contributed by atoms with van der Waals surface area (Å²) >= 11 is 0. The molecule has 0 atom stereocenters. The van der Waals surface area contributed by atoms with Crippen molar-refractivity contribution >= 4 is 21.7 Å². The molecule has 0 heterocycles. The van der Waals surface area contributed by atoms with E-state index in [0.717, 1.165) is 11.6 Å². The van der Waals surface area contributed by atoms with Crippen molar-refractivity contribution in [3.8, 4) is 0 Å². The van der Waals surface area contributed by atoms with Gasteiger partial charge in [0.2, 0.25) is 10.0 Å². The Balaban J connectivity index is 1.86. The average molecular weight is 437 g/mol. The zero-order valence-corrected chi connectivity index (χ0v) is 17.3. The van der Waals surface area contributed by atoms with Crippen molar-refractivity contribution in [1.82, 2.24) is 15.4 Å². The molecule has 0 bridgehead atoms. The van der Waals surface area contributed by atoms with Crippen LogP contribution in [0, 0.1) is 15.9 Å². The molecule has 0 unspecified atom stereocenters. The van der Waals surface area contributed by atoms with Gasteiger partial charge in [-0.1, -0.05) is 18.2 Å². The van der Waals surface area contributed by atoms with Crippen LogP contribution in [0.25, 0.3) is 0 Å². The minimum absolute atomic E-state index is 0.0273. The van der Waals surface area contributed by atoms with Crippen LogP contribution in [0.5, 0.6) is 0 Å². The van der Waals surface area contributed by atoms with Crippen LogP contribution < -0.4 is 15.4 Å². The summed E-state index contributed by atoms with van der Waals surface area (Å²) in [7, 11) is -3.88. The van der Waals surface area contributed by atoms with E-state index in [2.05, 4.69) is 20.3 Å². The van der Waals surface area contributed by atoms with E-state index in [-0.39, 0.29) is 29.5 Å². The van der Waals surface area contributed by atoms with Crippen LogP contribution in [0.1, 0.15) is 12.5 Å². The Labute approximate surface area is 174 Å². The molecule has 0 aromatic heterocycles.